The molecule has 2 aromatic heterocycles. The second-order valence-corrected chi connectivity index (χ2v) is 3.11. The Bertz CT molecular complexity index is 425. The molecule has 2 rings (SSSR count). The van der Waals surface area contributed by atoms with Gasteiger partial charge in [-0.1, -0.05) is 0 Å². The number of aromatic nitrogens is 3. The van der Waals surface area contributed by atoms with E-state index in [1.54, 1.807) is 29.2 Å². The van der Waals surface area contributed by atoms with Crippen LogP contribution in [0.25, 0.3) is 5.65 Å². The average molecular weight is 192 g/mol. The number of rotatable bonds is 3. The summed E-state index contributed by atoms with van der Waals surface area (Å²) in [6, 6.07) is 1.80. The standard InChI is InChI=1S/C9H12N4O/c10-3-1-8(14)7-5-11-9-2-4-12-13(9)6-7/h2,4-6,8,14H,1,3,10H2/t8-/m1/s1. The molecule has 0 saturated carbocycles. The van der Waals surface area contributed by atoms with Gasteiger partial charge < -0.3 is 10.8 Å². The van der Waals surface area contributed by atoms with Crippen LogP contribution in [0, 0.1) is 0 Å². The zero-order valence-electron chi connectivity index (χ0n) is 7.67. The first-order valence-electron chi connectivity index (χ1n) is 4.48. The van der Waals surface area contributed by atoms with Gasteiger partial charge in [-0.2, -0.15) is 5.10 Å². The second kappa shape index (κ2) is 3.73. The molecule has 0 fully saturated rings. The number of nitrogens with zero attached hydrogens (tertiary/aromatic N) is 3. The molecule has 0 aromatic carbocycles. The summed E-state index contributed by atoms with van der Waals surface area (Å²) in [6.45, 7) is 0.457. The van der Waals surface area contributed by atoms with E-state index >= 15 is 0 Å². The van der Waals surface area contributed by atoms with E-state index in [-0.39, 0.29) is 0 Å². The highest BCUT2D eigenvalue weighted by Gasteiger charge is 2.07. The first kappa shape index (κ1) is 9.11. The predicted octanol–water partition coefficient (Wildman–Crippen LogP) is 0.112. The predicted molar refractivity (Wildman–Crippen MR) is 51.6 cm³/mol. The van der Waals surface area contributed by atoms with Gasteiger partial charge in [0, 0.05) is 24.0 Å². The normalized spacial score (nSPS) is 13.3. The molecule has 0 saturated heterocycles. The van der Waals surface area contributed by atoms with Crippen LogP contribution in [0.2, 0.25) is 0 Å². The Balaban J connectivity index is 2.33. The summed E-state index contributed by atoms with van der Waals surface area (Å²) in [5.41, 5.74) is 6.87. The van der Waals surface area contributed by atoms with Gasteiger partial charge in [-0.15, -0.1) is 0 Å². The monoisotopic (exact) mass is 192 g/mol. The fourth-order valence-electron chi connectivity index (χ4n) is 1.32. The minimum absolute atomic E-state index is 0.457. The molecule has 0 spiro atoms. The lowest BCUT2D eigenvalue weighted by molar-refractivity contribution is 0.169. The largest absolute Gasteiger partial charge is 0.388 e. The fourth-order valence-corrected chi connectivity index (χ4v) is 1.32. The van der Waals surface area contributed by atoms with Crippen LogP contribution in [-0.4, -0.2) is 26.2 Å². The van der Waals surface area contributed by atoms with Crippen LogP contribution in [0.3, 0.4) is 0 Å². The van der Waals surface area contributed by atoms with E-state index in [9.17, 15) is 5.11 Å². The lowest BCUT2D eigenvalue weighted by Gasteiger charge is -2.08. The lowest BCUT2D eigenvalue weighted by atomic mass is 10.1. The van der Waals surface area contributed by atoms with Gasteiger partial charge in [-0.25, -0.2) is 9.50 Å². The Labute approximate surface area is 81.2 Å². The summed E-state index contributed by atoms with van der Waals surface area (Å²) in [5.74, 6) is 0. The third kappa shape index (κ3) is 1.59. The number of hydrogen-bond donors (Lipinski definition) is 2. The summed E-state index contributed by atoms with van der Waals surface area (Å²) in [4.78, 5) is 4.14. The summed E-state index contributed by atoms with van der Waals surface area (Å²) >= 11 is 0. The summed E-state index contributed by atoms with van der Waals surface area (Å²) in [5, 5.41) is 13.7. The van der Waals surface area contributed by atoms with Gasteiger partial charge >= 0.3 is 0 Å². The van der Waals surface area contributed by atoms with Gasteiger partial charge in [-0.3, -0.25) is 0 Å². The Hall–Kier alpha value is -1.46. The van der Waals surface area contributed by atoms with Gasteiger partial charge in [-0.05, 0) is 13.0 Å². The zero-order chi connectivity index (χ0) is 9.97. The molecular weight excluding hydrogens is 180 g/mol. The SMILES string of the molecule is NCC[C@@H](O)c1cnc2ccnn2c1. The maximum atomic E-state index is 9.66. The maximum Gasteiger partial charge on any atom is 0.154 e. The van der Waals surface area contributed by atoms with Crippen molar-refractivity contribution < 1.29 is 5.11 Å². The van der Waals surface area contributed by atoms with Gasteiger partial charge in [0.05, 0.1) is 12.3 Å². The summed E-state index contributed by atoms with van der Waals surface area (Å²) < 4.78 is 1.63. The molecule has 0 bridgehead atoms. The van der Waals surface area contributed by atoms with Crippen LogP contribution < -0.4 is 5.73 Å². The lowest BCUT2D eigenvalue weighted by Crippen LogP contribution is -2.08. The minimum Gasteiger partial charge on any atom is -0.388 e. The first-order chi connectivity index (χ1) is 6.81. The number of aliphatic hydroxyl groups excluding tert-OH is 1. The Kier molecular flexibility index (Phi) is 2.43. The van der Waals surface area contributed by atoms with Crippen molar-refractivity contribution in [1.82, 2.24) is 14.6 Å². The highest BCUT2D eigenvalue weighted by Crippen LogP contribution is 2.14. The minimum atomic E-state index is -0.555. The molecule has 0 aliphatic rings. The van der Waals surface area contributed by atoms with E-state index in [0.29, 0.717) is 13.0 Å². The zero-order valence-corrected chi connectivity index (χ0v) is 7.67. The van der Waals surface area contributed by atoms with E-state index in [1.807, 2.05) is 0 Å². The van der Waals surface area contributed by atoms with E-state index in [0.717, 1.165) is 11.2 Å². The van der Waals surface area contributed by atoms with Crippen LogP contribution in [0.1, 0.15) is 18.1 Å². The Morgan fingerprint density at radius 1 is 1.57 bits per heavy atom. The van der Waals surface area contributed by atoms with E-state index in [4.69, 9.17) is 5.73 Å². The molecule has 2 aromatic rings. The van der Waals surface area contributed by atoms with Crippen LogP contribution >= 0.6 is 0 Å². The molecule has 2 heterocycles. The van der Waals surface area contributed by atoms with Crippen molar-refractivity contribution in [1.29, 1.82) is 0 Å². The van der Waals surface area contributed by atoms with Crippen LogP contribution in [-0.2, 0) is 0 Å². The van der Waals surface area contributed by atoms with E-state index in [2.05, 4.69) is 10.1 Å². The highest BCUT2D eigenvalue weighted by molar-refractivity contribution is 5.36. The second-order valence-electron chi connectivity index (χ2n) is 3.11. The van der Waals surface area contributed by atoms with Gasteiger partial charge in [0.2, 0.25) is 0 Å². The Morgan fingerprint density at radius 2 is 2.43 bits per heavy atom. The van der Waals surface area contributed by atoms with Gasteiger partial charge in [0.15, 0.2) is 5.65 Å². The topological polar surface area (TPSA) is 76.4 Å². The molecule has 1 atom stereocenters. The average Bonchev–Trinajstić information content (AvgIpc) is 2.64. The van der Waals surface area contributed by atoms with E-state index in [1.165, 1.54) is 0 Å². The first-order valence-corrected chi connectivity index (χ1v) is 4.48. The van der Waals surface area contributed by atoms with E-state index < -0.39 is 6.10 Å². The van der Waals surface area contributed by atoms with Crippen molar-refractivity contribution in [2.45, 2.75) is 12.5 Å². The summed E-state index contributed by atoms with van der Waals surface area (Å²) in [7, 11) is 0. The highest BCUT2D eigenvalue weighted by atomic mass is 16.3. The third-order valence-electron chi connectivity index (χ3n) is 2.09. The quantitative estimate of drug-likeness (QED) is 0.723. The van der Waals surface area contributed by atoms with Crippen LogP contribution in [0.4, 0.5) is 0 Å². The maximum absolute atomic E-state index is 9.66. The van der Waals surface area contributed by atoms with Gasteiger partial charge in [0.1, 0.15) is 0 Å². The van der Waals surface area contributed by atoms with Crippen molar-refractivity contribution >= 4 is 5.65 Å². The molecule has 3 N–H and O–H groups in total. The molecule has 14 heavy (non-hydrogen) atoms. The molecule has 5 heteroatoms. The third-order valence-corrected chi connectivity index (χ3v) is 2.09. The van der Waals surface area contributed by atoms with Gasteiger partial charge in [0.25, 0.3) is 0 Å². The molecule has 0 unspecified atom stereocenters. The molecule has 0 aliphatic heterocycles. The molecule has 5 nitrogen and oxygen atoms in total. The Morgan fingerprint density at radius 3 is 3.21 bits per heavy atom. The molecule has 0 radical (unpaired) electrons. The number of nitrogens with two attached hydrogens (primary N) is 1. The number of fused-ring (bicyclic) bond motifs is 1. The van der Waals surface area contributed by atoms with Crippen molar-refractivity contribution in [3.05, 3.63) is 30.2 Å². The van der Waals surface area contributed by atoms with Crippen LogP contribution in [0.5, 0.6) is 0 Å². The van der Waals surface area contributed by atoms with Crippen molar-refractivity contribution in [3.63, 3.8) is 0 Å². The van der Waals surface area contributed by atoms with Crippen LogP contribution in [0.15, 0.2) is 24.7 Å². The summed E-state index contributed by atoms with van der Waals surface area (Å²) in [6.07, 6.45) is 5.07. The van der Waals surface area contributed by atoms with Crippen molar-refractivity contribution in [3.8, 4) is 0 Å². The molecule has 74 valence electrons. The number of aliphatic hydroxyl groups is 1. The molecular formula is C9H12N4O. The smallest absolute Gasteiger partial charge is 0.154 e. The molecule has 0 amide bonds. The van der Waals surface area contributed by atoms with Crippen molar-refractivity contribution in [2.75, 3.05) is 6.54 Å². The molecule has 0 aliphatic carbocycles. The fraction of sp³-hybridized carbons (Fsp3) is 0.333. The number of hydrogen-bond acceptors (Lipinski definition) is 4. The van der Waals surface area contributed by atoms with Crippen molar-refractivity contribution in [2.24, 2.45) is 5.73 Å².